The minimum Gasteiger partial charge on any atom is -0.496 e. The standard InChI is InChI=1S/C10H10O2/c1-6-7-4-3-5-8(12-2)9(7)10(6)11/h3-6H,1-2H3. The van der Waals surface area contributed by atoms with E-state index in [1.54, 1.807) is 7.11 Å². The lowest BCUT2D eigenvalue weighted by Crippen LogP contribution is -2.24. The average molecular weight is 162 g/mol. The third-order valence-corrected chi connectivity index (χ3v) is 2.38. The Labute approximate surface area is 71.2 Å². The number of carbonyl (C=O) groups excluding carboxylic acids is 1. The molecule has 12 heavy (non-hydrogen) atoms. The third-order valence-electron chi connectivity index (χ3n) is 2.38. The highest BCUT2D eigenvalue weighted by Crippen LogP contribution is 2.39. The fourth-order valence-corrected chi connectivity index (χ4v) is 1.62. The van der Waals surface area contributed by atoms with Gasteiger partial charge in [0.2, 0.25) is 0 Å². The quantitative estimate of drug-likeness (QED) is 0.631. The number of hydrogen-bond donors (Lipinski definition) is 0. The van der Waals surface area contributed by atoms with Crippen molar-refractivity contribution in [3.63, 3.8) is 0 Å². The summed E-state index contributed by atoms with van der Waals surface area (Å²) in [5.41, 5.74) is 1.88. The second-order valence-corrected chi connectivity index (χ2v) is 3.01. The molecule has 2 nitrogen and oxygen atoms in total. The molecule has 1 aliphatic rings. The van der Waals surface area contributed by atoms with Gasteiger partial charge in [-0.3, -0.25) is 4.79 Å². The first-order valence-corrected chi connectivity index (χ1v) is 3.97. The van der Waals surface area contributed by atoms with Gasteiger partial charge in [-0.25, -0.2) is 0 Å². The highest BCUT2D eigenvalue weighted by atomic mass is 16.5. The molecule has 0 saturated carbocycles. The number of fused-ring (bicyclic) bond motifs is 1. The molecule has 0 radical (unpaired) electrons. The Morgan fingerprint density at radius 2 is 2.17 bits per heavy atom. The van der Waals surface area contributed by atoms with Crippen molar-refractivity contribution >= 4 is 5.78 Å². The maximum atomic E-state index is 11.4. The van der Waals surface area contributed by atoms with E-state index in [0.29, 0.717) is 5.75 Å². The Hall–Kier alpha value is -1.31. The van der Waals surface area contributed by atoms with Crippen LogP contribution in [0.3, 0.4) is 0 Å². The molecule has 1 aromatic carbocycles. The Kier molecular flexibility index (Phi) is 1.43. The third kappa shape index (κ3) is 0.721. The smallest absolute Gasteiger partial charge is 0.174 e. The van der Waals surface area contributed by atoms with Gasteiger partial charge in [0, 0.05) is 5.92 Å². The first-order valence-electron chi connectivity index (χ1n) is 3.97. The van der Waals surface area contributed by atoms with Crippen LogP contribution in [0.2, 0.25) is 0 Å². The van der Waals surface area contributed by atoms with Crippen LogP contribution in [0.1, 0.15) is 28.8 Å². The van der Waals surface area contributed by atoms with Crippen molar-refractivity contribution in [2.75, 3.05) is 7.11 Å². The van der Waals surface area contributed by atoms with Gasteiger partial charge in [0.05, 0.1) is 12.7 Å². The molecule has 0 aliphatic heterocycles. The van der Waals surface area contributed by atoms with Gasteiger partial charge in [-0.2, -0.15) is 0 Å². The minimum absolute atomic E-state index is 0.0649. The molecule has 1 atom stereocenters. The second-order valence-electron chi connectivity index (χ2n) is 3.01. The van der Waals surface area contributed by atoms with Gasteiger partial charge >= 0.3 is 0 Å². The van der Waals surface area contributed by atoms with Crippen LogP contribution in [0.5, 0.6) is 5.75 Å². The highest BCUT2D eigenvalue weighted by molar-refractivity contribution is 6.12. The number of hydrogen-bond acceptors (Lipinski definition) is 2. The van der Waals surface area contributed by atoms with Crippen LogP contribution in [0.15, 0.2) is 18.2 Å². The van der Waals surface area contributed by atoms with Crippen molar-refractivity contribution < 1.29 is 9.53 Å². The normalized spacial score (nSPS) is 19.8. The topological polar surface area (TPSA) is 26.3 Å². The van der Waals surface area contributed by atoms with Gasteiger partial charge in [-0.1, -0.05) is 19.1 Å². The van der Waals surface area contributed by atoms with Crippen LogP contribution in [0, 0.1) is 0 Å². The number of Topliss-reactive ketones (excluding diaryl/α,β-unsaturated/α-hetero) is 1. The van der Waals surface area contributed by atoms with Gasteiger partial charge < -0.3 is 4.74 Å². The van der Waals surface area contributed by atoms with E-state index in [1.165, 1.54) is 0 Å². The summed E-state index contributed by atoms with van der Waals surface area (Å²) in [7, 11) is 1.59. The molecular weight excluding hydrogens is 152 g/mol. The molecule has 0 saturated heterocycles. The first kappa shape index (κ1) is 7.35. The molecule has 0 N–H and O–H groups in total. The molecule has 0 spiro atoms. The van der Waals surface area contributed by atoms with Crippen LogP contribution >= 0.6 is 0 Å². The van der Waals surface area contributed by atoms with Crippen molar-refractivity contribution in [2.45, 2.75) is 12.8 Å². The lowest BCUT2D eigenvalue weighted by molar-refractivity contribution is 0.0931. The van der Waals surface area contributed by atoms with Crippen LogP contribution < -0.4 is 4.74 Å². The summed E-state index contributed by atoms with van der Waals surface area (Å²) < 4.78 is 5.07. The number of carbonyl (C=O) groups is 1. The fourth-order valence-electron chi connectivity index (χ4n) is 1.62. The first-order chi connectivity index (χ1) is 5.75. The summed E-state index contributed by atoms with van der Waals surface area (Å²) in [4.78, 5) is 11.4. The molecule has 0 fully saturated rings. The van der Waals surface area contributed by atoms with Gasteiger partial charge in [0.25, 0.3) is 0 Å². The lowest BCUT2D eigenvalue weighted by atomic mass is 9.77. The predicted molar refractivity (Wildman–Crippen MR) is 45.7 cm³/mol. The number of rotatable bonds is 1. The van der Waals surface area contributed by atoms with E-state index >= 15 is 0 Å². The van der Waals surface area contributed by atoms with Crippen LogP contribution in [-0.2, 0) is 0 Å². The summed E-state index contributed by atoms with van der Waals surface area (Å²) >= 11 is 0. The molecule has 1 aliphatic carbocycles. The van der Waals surface area contributed by atoms with E-state index in [-0.39, 0.29) is 11.7 Å². The molecular formula is C10H10O2. The Bertz CT molecular complexity index is 327. The van der Waals surface area contributed by atoms with Crippen molar-refractivity contribution in [2.24, 2.45) is 0 Å². The SMILES string of the molecule is COc1cccc2c1C(=O)C2C. The van der Waals surface area contributed by atoms with E-state index in [1.807, 2.05) is 25.1 Å². The summed E-state index contributed by atoms with van der Waals surface area (Å²) in [5.74, 6) is 0.966. The van der Waals surface area contributed by atoms with Crippen molar-refractivity contribution in [3.8, 4) is 5.75 Å². The highest BCUT2D eigenvalue weighted by Gasteiger charge is 2.34. The fraction of sp³-hybridized carbons (Fsp3) is 0.300. The Balaban J connectivity index is 2.58. The number of ketones is 1. The van der Waals surface area contributed by atoms with E-state index < -0.39 is 0 Å². The molecule has 2 heteroatoms. The van der Waals surface area contributed by atoms with Gasteiger partial charge in [0.15, 0.2) is 5.78 Å². The van der Waals surface area contributed by atoms with E-state index in [0.717, 1.165) is 11.1 Å². The zero-order valence-corrected chi connectivity index (χ0v) is 7.13. The maximum absolute atomic E-state index is 11.4. The van der Waals surface area contributed by atoms with E-state index in [9.17, 15) is 4.79 Å². The van der Waals surface area contributed by atoms with Gasteiger partial charge in [-0.15, -0.1) is 0 Å². The Morgan fingerprint density at radius 3 is 2.83 bits per heavy atom. The zero-order valence-electron chi connectivity index (χ0n) is 7.13. The van der Waals surface area contributed by atoms with Crippen molar-refractivity contribution in [1.29, 1.82) is 0 Å². The van der Waals surface area contributed by atoms with Crippen LogP contribution in [0.25, 0.3) is 0 Å². The number of ether oxygens (including phenoxy) is 1. The lowest BCUT2D eigenvalue weighted by Gasteiger charge is -2.26. The summed E-state index contributed by atoms with van der Waals surface area (Å²) in [5, 5.41) is 0. The number of methoxy groups -OCH3 is 1. The second kappa shape index (κ2) is 2.34. The summed E-state index contributed by atoms with van der Waals surface area (Å²) in [6, 6.07) is 5.72. The molecule has 1 unspecified atom stereocenters. The van der Waals surface area contributed by atoms with Gasteiger partial charge in [0.1, 0.15) is 5.75 Å². The zero-order chi connectivity index (χ0) is 8.72. The predicted octanol–water partition coefficient (Wildman–Crippen LogP) is 1.99. The van der Waals surface area contributed by atoms with Crippen LogP contribution in [0.4, 0.5) is 0 Å². The molecule has 62 valence electrons. The molecule has 0 amide bonds. The molecule has 1 aromatic rings. The summed E-state index contributed by atoms with van der Waals surface area (Å²) in [6.07, 6.45) is 0. The Morgan fingerprint density at radius 1 is 1.42 bits per heavy atom. The summed E-state index contributed by atoms with van der Waals surface area (Å²) in [6.45, 7) is 1.92. The largest absolute Gasteiger partial charge is 0.496 e. The molecule has 0 aromatic heterocycles. The molecule has 0 heterocycles. The maximum Gasteiger partial charge on any atom is 0.174 e. The molecule has 0 bridgehead atoms. The van der Waals surface area contributed by atoms with Gasteiger partial charge in [-0.05, 0) is 11.6 Å². The van der Waals surface area contributed by atoms with Crippen molar-refractivity contribution in [3.05, 3.63) is 29.3 Å². The van der Waals surface area contributed by atoms with Crippen LogP contribution in [-0.4, -0.2) is 12.9 Å². The van der Waals surface area contributed by atoms with Crippen molar-refractivity contribution in [1.82, 2.24) is 0 Å². The minimum atomic E-state index is 0.0649. The van der Waals surface area contributed by atoms with E-state index in [4.69, 9.17) is 4.74 Å². The monoisotopic (exact) mass is 162 g/mol. The average Bonchev–Trinajstić information content (AvgIpc) is 2.15. The number of benzene rings is 1. The van der Waals surface area contributed by atoms with E-state index in [2.05, 4.69) is 0 Å². The molecule has 2 rings (SSSR count).